The Balaban J connectivity index is 1.77. The predicted molar refractivity (Wildman–Crippen MR) is 79.8 cm³/mol. The third kappa shape index (κ3) is 2.74. The highest BCUT2D eigenvalue weighted by Crippen LogP contribution is 2.15. The van der Waals surface area contributed by atoms with Gasteiger partial charge in [-0.2, -0.15) is 5.26 Å². The predicted octanol–water partition coefficient (Wildman–Crippen LogP) is 2.88. The smallest absolute Gasteiger partial charge is 0.255 e. The molecule has 0 saturated carbocycles. The number of amides is 1. The Morgan fingerprint density at radius 3 is 2.81 bits per heavy atom. The number of benzene rings is 2. The lowest BCUT2D eigenvalue weighted by Gasteiger charge is -2.06. The number of carbonyl (C=O) groups is 1. The Bertz CT molecular complexity index is 827. The van der Waals surface area contributed by atoms with Gasteiger partial charge in [0.2, 0.25) is 0 Å². The molecule has 0 unspecified atom stereocenters. The van der Waals surface area contributed by atoms with Crippen LogP contribution in [0.3, 0.4) is 0 Å². The molecule has 2 aromatic carbocycles. The van der Waals surface area contributed by atoms with Crippen LogP contribution in [-0.2, 0) is 6.42 Å². The number of nitrogens with one attached hydrogen (secondary N) is 2. The number of fused-ring (bicyclic) bond motifs is 1. The second-order valence-corrected chi connectivity index (χ2v) is 4.62. The first kappa shape index (κ1) is 12.9. The van der Waals surface area contributed by atoms with Crippen molar-refractivity contribution in [3.63, 3.8) is 0 Å². The number of H-pyrrole nitrogens is 1. The van der Waals surface area contributed by atoms with Gasteiger partial charge in [-0.15, -0.1) is 0 Å². The second kappa shape index (κ2) is 5.47. The third-order valence-electron chi connectivity index (χ3n) is 3.18. The van der Waals surface area contributed by atoms with E-state index in [0.29, 0.717) is 17.7 Å². The fourth-order valence-electron chi connectivity index (χ4n) is 2.08. The number of hydrogen-bond acceptors (Lipinski definition) is 3. The zero-order valence-electron chi connectivity index (χ0n) is 11.1. The summed E-state index contributed by atoms with van der Waals surface area (Å²) in [6, 6.07) is 14.6. The van der Waals surface area contributed by atoms with Crippen molar-refractivity contribution in [2.75, 3.05) is 5.32 Å². The van der Waals surface area contributed by atoms with Crippen LogP contribution in [0, 0.1) is 11.3 Å². The molecule has 0 aliphatic heterocycles. The molecule has 0 aliphatic carbocycles. The lowest BCUT2D eigenvalue weighted by molar-refractivity contribution is 0.102. The van der Waals surface area contributed by atoms with Gasteiger partial charge in [0, 0.05) is 11.3 Å². The van der Waals surface area contributed by atoms with E-state index in [4.69, 9.17) is 5.26 Å². The van der Waals surface area contributed by atoms with Crippen molar-refractivity contribution in [3.05, 3.63) is 59.9 Å². The van der Waals surface area contributed by atoms with Crippen molar-refractivity contribution in [3.8, 4) is 6.07 Å². The first-order valence-electron chi connectivity index (χ1n) is 6.46. The highest BCUT2D eigenvalue weighted by molar-refractivity contribution is 6.05. The summed E-state index contributed by atoms with van der Waals surface area (Å²) < 4.78 is 0. The molecular weight excluding hydrogens is 264 g/mol. The molecule has 2 N–H and O–H groups in total. The fourth-order valence-corrected chi connectivity index (χ4v) is 2.08. The summed E-state index contributed by atoms with van der Waals surface area (Å²) in [4.78, 5) is 19.3. The van der Waals surface area contributed by atoms with E-state index in [1.165, 1.54) is 0 Å². The van der Waals surface area contributed by atoms with Gasteiger partial charge < -0.3 is 10.3 Å². The average molecular weight is 276 g/mol. The van der Waals surface area contributed by atoms with Crippen LogP contribution in [0.2, 0.25) is 0 Å². The molecule has 1 heterocycles. The van der Waals surface area contributed by atoms with Gasteiger partial charge in [0.1, 0.15) is 0 Å². The van der Waals surface area contributed by atoms with Gasteiger partial charge >= 0.3 is 0 Å². The topological polar surface area (TPSA) is 81.6 Å². The summed E-state index contributed by atoms with van der Waals surface area (Å²) in [6.07, 6.45) is 1.96. The largest absolute Gasteiger partial charge is 0.345 e. The number of nitrogens with zero attached hydrogens (tertiary/aromatic N) is 2. The first-order valence-corrected chi connectivity index (χ1v) is 6.46. The van der Waals surface area contributed by atoms with Gasteiger partial charge in [0.25, 0.3) is 5.91 Å². The van der Waals surface area contributed by atoms with Gasteiger partial charge in [-0.3, -0.25) is 4.79 Å². The molecule has 0 spiro atoms. The molecule has 3 rings (SSSR count). The van der Waals surface area contributed by atoms with E-state index in [-0.39, 0.29) is 5.91 Å². The van der Waals surface area contributed by atoms with E-state index in [0.717, 1.165) is 16.6 Å². The minimum Gasteiger partial charge on any atom is -0.345 e. The minimum absolute atomic E-state index is 0.181. The quantitative estimate of drug-likeness (QED) is 0.771. The molecule has 0 radical (unpaired) electrons. The molecule has 3 aromatic rings. The summed E-state index contributed by atoms with van der Waals surface area (Å²) >= 11 is 0. The van der Waals surface area contributed by atoms with Crippen LogP contribution in [0.1, 0.15) is 15.9 Å². The Hall–Kier alpha value is -3.13. The number of rotatable bonds is 3. The van der Waals surface area contributed by atoms with Gasteiger partial charge in [-0.1, -0.05) is 12.1 Å². The zero-order chi connectivity index (χ0) is 14.7. The minimum atomic E-state index is -0.181. The Morgan fingerprint density at radius 2 is 2.05 bits per heavy atom. The van der Waals surface area contributed by atoms with Crippen LogP contribution in [0.15, 0.2) is 48.8 Å². The van der Waals surface area contributed by atoms with E-state index in [2.05, 4.69) is 21.4 Å². The molecule has 1 aromatic heterocycles. The van der Waals surface area contributed by atoms with Crippen molar-refractivity contribution in [1.29, 1.82) is 5.26 Å². The number of imidazole rings is 1. The Morgan fingerprint density at radius 1 is 1.24 bits per heavy atom. The van der Waals surface area contributed by atoms with Crippen molar-refractivity contribution in [2.24, 2.45) is 0 Å². The Kier molecular flexibility index (Phi) is 3.36. The number of carbonyl (C=O) groups excluding carboxylic acids is 1. The van der Waals surface area contributed by atoms with Gasteiger partial charge in [-0.05, 0) is 35.9 Å². The average Bonchev–Trinajstić information content (AvgIpc) is 2.97. The summed E-state index contributed by atoms with van der Waals surface area (Å²) in [5.41, 5.74) is 3.84. The highest BCUT2D eigenvalue weighted by Gasteiger charge is 2.07. The maximum atomic E-state index is 12.2. The van der Waals surface area contributed by atoms with E-state index >= 15 is 0 Å². The third-order valence-corrected chi connectivity index (χ3v) is 3.18. The fraction of sp³-hybridized carbons (Fsp3) is 0.0625. The summed E-state index contributed by atoms with van der Waals surface area (Å²) in [7, 11) is 0. The van der Waals surface area contributed by atoms with E-state index in [1.54, 1.807) is 36.7 Å². The normalized spacial score (nSPS) is 10.2. The molecule has 21 heavy (non-hydrogen) atoms. The van der Waals surface area contributed by atoms with Crippen molar-refractivity contribution in [2.45, 2.75) is 6.42 Å². The van der Waals surface area contributed by atoms with Gasteiger partial charge in [-0.25, -0.2) is 4.98 Å². The van der Waals surface area contributed by atoms with Crippen LogP contribution in [0.25, 0.3) is 11.0 Å². The standard InChI is InChI=1S/C16H12N4O/c17-8-7-11-1-4-13(5-2-11)20-16(21)12-3-6-14-15(9-12)19-10-18-14/h1-6,9-10H,7H2,(H,18,19)(H,20,21). The molecule has 0 bridgehead atoms. The molecule has 0 saturated heterocycles. The molecule has 1 amide bonds. The number of aromatic amines is 1. The lowest BCUT2D eigenvalue weighted by atomic mass is 10.1. The summed E-state index contributed by atoms with van der Waals surface area (Å²) in [6.45, 7) is 0. The summed E-state index contributed by atoms with van der Waals surface area (Å²) in [5, 5.41) is 11.5. The van der Waals surface area contributed by atoms with E-state index in [9.17, 15) is 4.79 Å². The molecule has 5 nitrogen and oxygen atoms in total. The van der Waals surface area contributed by atoms with Crippen LogP contribution in [0.5, 0.6) is 0 Å². The maximum Gasteiger partial charge on any atom is 0.255 e. The van der Waals surface area contributed by atoms with Crippen LogP contribution in [-0.4, -0.2) is 15.9 Å². The maximum absolute atomic E-state index is 12.2. The second-order valence-electron chi connectivity index (χ2n) is 4.62. The van der Waals surface area contributed by atoms with E-state index < -0.39 is 0 Å². The lowest BCUT2D eigenvalue weighted by Crippen LogP contribution is -2.11. The van der Waals surface area contributed by atoms with E-state index in [1.807, 2.05) is 12.1 Å². The molecule has 5 heteroatoms. The Labute approximate surface area is 121 Å². The van der Waals surface area contributed by atoms with Crippen molar-refractivity contribution < 1.29 is 4.79 Å². The molecule has 0 fully saturated rings. The van der Waals surface area contributed by atoms with Crippen molar-refractivity contribution in [1.82, 2.24) is 9.97 Å². The van der Waals surface area contributed by atoms with Gasteiger partial charge in [0.05, 0.1) is 29.9 Å². The number of anilines is 1. The number of hydrogen-bond donors (Lipinski definition) is 2. The first-order chi connectivity index (χ1) is 10.3. The van der Waals surface area contributed by atoms with Crippen LogP contribution >= 0.6 is 0 Å². The number of nitriles is 1. The summed E-state index contributed by atoms with van der Waals surface area (Å²) in [5.74, 6) is -0.181. The van der Waals surface area contributed by atoms with Crippen LogP contribution in [0.4, 0.5) is 5.69 Å². The molecule has 102 valence electrons. The molecule has 0 atom stereocenters. The molecular formula is C16H12N4O. The van der Waals surface area contributed by atoms with Crippen molar-refractivity contribution >= 4 is 22.6 Å². The SMILES string of the molecule is N#CCc1ccc(NC(=O)c2ccc3nc[nH]c3c2)cc1. The zero-order valence-corrected chi connectivity index (χ0v) is 11.1. The van der Waals surface area contributed by atoms with Crippen LogP contribution < -0.4 is 5.32 Å². The molecule has 0 aliphatic rings. The highest BCUT2D eigenvalue weighted by atomic mass is 16.1. The van der Waals surface area contributed by atoms with Gasteiger partial charge in [0.15, 0.2) is 0 Å². The number of aromatic nitrogens is 2. The monoisotopic (exact) mass is 276 g/mol.